The molecule has 0 radical (unpaired) electrons. The standard InChI is InChI=1S/C21H35N/c1-3-5-6-8-19-9-11-20(12-10-19)21(17-22)15-13-18(7-4-2)14-16-21/h11,18-19H,3-10,12-16H2,1-2H3/t18-,19-,21+/m0/s1. The van der Waals surface area contributed by atoms with Gasteiger partial charge in [-0.1, -0.05) is 64.0 Å². The minimum Gasteiger partial charge on any atom is -0.197 e. The summed E-state index contributed by atoms with van der Waals surface area (Å²) in [6, 6.07) is 2.75. The van der Waals surface area contributed by atoms with Gasteiger partial charge in [-0.3, -0.25) is 0 Å². The van der Waals surface area contributed by atoms with Crippen LogP contribution in [0, 0.1) is 28.6 Å². The van der Waals surface area contributed by atoms with Crippen LogP contribution in [0.3, 0.4) is 0 Å². The van der Waals surface area contributed by atoms with Crippen LogP contribution in [0.2, 0.25) is 0 Å². The maximum absolute atomic E-state index is 9.86. The van der Waals surface area contributed by atoms with E-state index in [1.807, 2.05) is 0 Å². The fourth-order valence-corrected chi connectivity index (χ4v) is 4.64. The Balaban J connectivity index is 1.89. The Labute approximate surface area is 138 Å². The van der Waals surface area contributed by atoms with E-state index in [1.165, 1.54) is 76.2 Å². The first-order valence-corrected chi connectivity index (χ1v) is 9.84. The molecule has 0 N–H and O–H groups in total. The predicted molar refractivity (Wildman–Crippen MR) is 94.5 cm³/mol. The normalized spacial score (nSPS) is 32.3. The van der Waals surface area contributed by atoms with E-state index >= 15 is 0 Å². The van der Waals surface area contributed by atoms with Crippen molar-refractivity contribution < 1.29 is 0 Å². The Hall–Kier alpha value is -0.770. The Kier molecular flexibility index (Phi) is 7.00. The first kappa shape index (κ1) is 17.6. The van der Waals surface area contributed by atoms with Gasteiger partial charge in [0.2, 0.25) is 0 Å². The van der Waals surface area contributed by atoms with Gasteiger partial charge in [0.1, 0.15) is 0 Å². The maximum Gasteiger partial charge on any atom is 0.0782 e. The molecule has 124 valence electrons. The third-order valence-corrected chi connectivity index (χ3v) is 6.22. The molecule has 0 heterocycles. The molecule has 0 amide bonds. The van der Waals surface area contributed by atoms with Gasteiger partial charge in [0.05, 0.1) is 11.5 Å². The molecule has 0 aliphatic heterocycles. The minimum atomic E-state index is -0.0847. The van der Waals surface area contributed by atoms with Crippen molar-refractivity contribution in [3.63, 3.8) is 0 Å². The number of hydrogen-bond donors (Lipinski definition) is 0. The predicted octanol–water partition coefficient (Wildman–Crippen LogP) is 6.79. The fraction of sp³-hybridized carbons (Fsp3) is 0.857. The first-order chi connectivity index (χ1) is 10.7. The third-order valence-electron chi connectivity index (χ3n) is 6.22. The Morgan fingerprint density at radius 2 is 1.82 bits per heavy atom. The molecule has 1 atom stereocenters. The van der Waals surface area contributed by atoms with Crippen LogP contribution in [0.15, 0.2) is 11.6 Å². The highest BCUT2D eigenvalue weighted by atomic mass is 14.4. The summed E-state index contributed by atoms with van der Waals surface area (Å²) in [4.78, 5) is 0. The lowest BCUT2D eigenvalue weighted by molar-refractivity contribution is 0.223. The zero-order valence-electron chi connectivity index (χ0n) is 14.9. The van der Waals surface area contributed by atoms with Crippen LogP contribution < -0.4 is 0 Å². The minimum absolute atomic E-state index is 0.0847. The van der Waals surface area contributed by atoms with Crippen molar-refractivity contribution in [2.75, 3.05) is 0 Å². The second kappa shape index (κ2) is 8.76. The van der Waals surface area contributed by atoms with Crippen molar-refractivity contribution >= 4 is 0 Å². The van der Waals surface area contributed by atoms with E-state index in [0.29, 0.717) is 0 Å². The number of unbranched alkanes of at least 4 members (excludes halogenated alkanes) is 2. The zero-order chi connectivity index (χ0) is 15.8. The Bertz CT molecular complexity index is 393. The molecule has 2 aliphatic carbocycles. The Morgan fingerprint density at radius 1 is 1.05 bits per heavy atom. The number of nitrogens with zero attached hydrogens (tertiary/aromatic N) is 1. The van der Waals surface area contributed by atoms with Crippen LogP contribution in [0.4, 0.5) is 0 Å². The Morgan fingerprint density at radius 3 is 2.36 bits per heavy atom. The zero-order valence-corrected chi connectivity index (χ0v) is 14.9. The van der Waals surface area contributed by atoms with E-state index in [9.17, 15) is 5.26 Å². The molecular weight excluding hydrogens is 266 g/mol. The SMILES string of the molecule is CCCCC[C@H]1CC=C([C@]2(C#N)CC[C@H](CCC)CC2)CC1. The molecule has 0 aromatic rings. The number of allylic oxidation sites excluding steroid dienone is 2. The van der Waals surface area contributed by atoms with E-state index in [0.717, 1.165) is 24.7 Å². The van der Waals surface area contributed by atoms with Gasteiger partial charge in [-0.05, 0) is 56.8 Å². The van der Waals surface area contributed by atoms with Gasteiger partial charge in [-0.2, -0.15) is 5.26 Å². The summed E-state index contributed by atoms with van der Waals surface area (Å²) in [7, 11) is 0. The summed E-state index contributed by atoms with van der Waals surface area (Å²) in [5.74, 6) is 1.78. The molecule has 0 spiro atoms. The van der Waals surface area contributed by atoms with Gasteiger partial charge >= 0.3 is 0 Å². The molecule has 0 bridgehead atoms. The smallest absolute Gasteiger partial charge is 0.0782 e. The quantitative estimate of drug-likeness (QED) is 0.375. The van der Waals surface area contributed by atoms with Crippen molar-refractivity contribution in [2.24, 2.45) is 17.3 Å². The van der Waals surface area contributed by atoms with E-state index in [4.69, 9.17) is 0 Å². The van der Waals surface area contributed by atoms with E-state index in [2.05, 4.69) is 26.0 Å². The van der Waals surface area contributed by atoms with Crippen LogP contribution in [0.1, 0.15) is 97.3 Å². The summed E-state index contributed by atoms with van der Waals surface area (Å²) < 4.78 is 0. The molecule has 0 aromatic carbocycles. The molecular formula is C21H35N. The number of nitriles is 1. The number of hydrogen-bond acceptors (Lipinski definition) is 1. The fourth-order valence-electron chi connectivity index (χ4n) is 4.64. The van der Waals surface area contributed by atoms with Gasteiger partial charge in [0, 0.05) is 0 Å². The van der Waals surface area contributed by atoms with Crippen LogP contribution in [0.25, 0.3) is 0 Å². The lowest BCUT2D eigenvalue weighted by atomic mass is 9.64. The van der Waals surface area contributed by atoms with E-state index in [-0.39, 0.29) is 5.41 Å². The van der Waals surface area contributed by atoms with Crippen molar-refractivity contribution in [2.45, 2.75) is 97.3 Å². The van der Waals surface area contributed by atoms with E-state index < -0.39 is 0 Å². The van der Waals surface area contributed by atoms with Crippen molar-refractivity contribution in [3.8, 4) is 6.07 Å². The summed E-state index contributed by atoms with van der Waals surface area (Å²) in [6.07, 6.45) is 19.2. The highest BCUT2D eigenvalue weighted by Gasteiger charge is 2.39. The average molecular weight is 302 g/mol. The molecule has 2 aliphatic rings. The van der Waals surface area contributed by atoms with Gasteiger partial charge in [0.25, 0.3) is 0 Å². The van der Waals surface area contributed by atoms with Crippen LogP contribution in [-0.2, 0) is 0 Å². The van der Waals surface area contributed by atoms with Gasteiger partial charge in [-0.15, -0.1) is 0 Å². The number of rotatable bonds is 7. The summed E-state index contributed by atoms with van der Waals surface area (Å²) in [5.41, 5.74) is 1.43. The third kappa shape index (κ3) is 4.37. The van der Waals surface area contributed by atoms with Crippen LogP contribution in [0.5, 0.6) is 0 Å². The highest BCUT2D eigenvalue weighted by Crippen LogP contribution is 2.48. The summed E-state index contributed by atoms with van der Waals surface area (Å²) in [5, 5.41) is 9.86. The van der Waals surface area contributed by atoms with Gasteiger partial charge < -0.3 is 0 Å². The monoisotopic (exact) mass is 301 g/mol. The van der Waals surface area contributed by atoms with Gasteiger partial charge in [-0.25, -0.2) is 0 Å². The van der Waals surface area contributed by atoms with Crippen LogP contribution >= 0.6 is 0 Å². The summed E-state index contributed by atoms with van der Waals surface area (Å²) >= 11 is 0. The van der Waals surface area contributed by atoms with E-state index in [1.54, 1.807) is 0 Å². The molecule has 0 unspecified atom stereocenters. The first-order valence-electron chi connectivity index (χ1n) is 9.84. The topological polar surface area (TPSA) is 23.8 Å². The maximum atomic E-state index is 9.86. The molecule has 0 saturated heterocycles. The molecule has 0 aromatic heterocycles. The van der Waals surface area contributed by atoms with Crippen molar-refractivity contribution in [1.82, 2.24) is 0 Å². The van der Waals surface area contributed by atoms with Crippen molar-refractivity contribution in [3.05, 3.63) is 11.6 Å². The lowest BCUT2D eigenvalue weighted by Gasteiger charge is -2.39. The molecule has 1 heteroatoms. The molecule has 1 saturated carbocycles. The van der Waals surface area contributed by atoms with Crippen molar-refractivity contribution in [1.29, 1.82) is 5.26 Å². The van der Waals surface area contributed by atoms with Gasteiger partial charge in [0.15, 0.2) is 0 Å². The second-order valence-electron chi connectivity index (χ2n) is 7.79. The summed E-state index contributed by atoms with van der Waals surface area (Å²) in [6.45, 7) is 4.57. The molecule has 2 rings (SSSR count). The molecule has 1 fully saturated rings. The molecule has 1 nitrogen and oxygen atoms in total. The lowest BCUT2D eigenvalue weighted by Crippen LogP contribution is -2.29. The second-order valence-corrected chi connectivity index (χ2v) is 7.79. The molecule has 22 heavy (non-hydrogen) atoms. The van der Waals surface area contributed by atoms with Crippen LogP contribution in [-0.4, -0.2) is 0 Å². The average Bonchev–Trinajstić information content (AvgIpc) is 2.57. The largest absolute Gasteiger partial charge is 0.197 e. The highest BCUT2D eigenvalue weighted by molar-refractivity contribution is 5.26.